The molecule has 0 bridgehead atoms. The largest absolute Gasteiger partial charge is 0.348 e. The summed E-state index contributed by atoms with van der Waals surface area (Å²) in [4.78, 5) is 13.4. The molecule has 5 nitrogen and oxygen atoms in total. The molecule has 0 aliphatic carbocycles. The van der Waals surface area contributed by atoms with E-state index in [1.165, 1.54) is 7.05 Å². The Bertz CT molecular complexity index is 847. The first-order chi connectivity index (χ1) is 12.2. The second-order valence-electron chi connectivity index (χ2n) is 6.14. The van der Waals surface area contributed by atoms with Crippen LogP contribution in [0.1, 0.15) is 24.1 Å². The van der Waals surface area contributed by atoms with Gasteiger partial charge in [0.25, 0.3) is 0 Å². The number of thioether (sulfide) groups is 1. The van der Waals surface area contributed by atoms with Crippen LogP contribution in [0.15, 0.2) is 58.3 Å². The number of rotatable bonds is 7. The normalized spacial score (nSPS) is 12.8. The number of aryl methyl sites for hydroxylation is 1. The van der Waals surface area contributed by atoms with Crippen molar-refractivity contribution < 1.29 is 13.2 Å². The van der Waals surface area contributed by atoms with Gasteiger partial charge < -0.3 is 5.32 Å². The van der Waals surface area contributed by atoms with Crippen molar-refractivity contribution in [3.63, 3.8) is 0 Å². The maximum Gasteiger partial charge on any atom is 0.243 e. The zero-order chi connectivity index (χ0) is 19.3. The molecular formula is C19H24N2O3S2. The van der Waals surface area contributed by atoms with Gasteiger partial charge in [0.15, 0.2) is 0 Å². The van der Waals surface area contributed by atoms with Crippen LogP contribution in [0.5, 0.6) is 0 Å². The van der Waals surface area contributed by atoms with Gasteiger partial charge in [-0.15, -0.1) is 11.8 Å². The van der Waals surface area contributed by atoms with Gasteiger partial charge in [-0.3, -0.25) is 4.79 Å². The summed E-state index contributed by atoms with van der Waals surface area (Å²) in [6.07, 6.45) is 1.93. The molecule has 140 valence electrons. The number of nitrogens with zero attached hydrogens (tertiary/aromatic N) is 1. The van der Waals surface area contributed by atoms with Gasteiger partial charge in [0.1, 0.15) is 0 Å². The first-order valence-corrected chi connectivity index (χ1v) is 10.9. The SMILES string of the molecule is CSc1ccc(S(=O)(=O)N(C)CC(=O)N[C@@H](C)c2ccc(C)cc2)cc1. The molecule has 2 aromatic rings. The molecule has 0 unspecified atom stereocenters. The number of carbonyl (C=O) groups is 1. The first-order valence-electron chi connectivity index (χ1n) is 8.20. The van der Waals surface area contributed by atoms with E-state index in [1.807, 2.05) is 44.4 Å². The quantitative estimate of drug-likeness (QED) is 0.735. The van der Waals surface area contributed by atoms with Gasteiger partial charge in [-0.25, -0.2) is 8.42 Å². The highest BCUT2D eigenvalue weighted by atomic mass is 32.2. The van der Waals surface area contributed by atoms with E-state index in [0.29, 0.717) is 0 Å². The molecule has 0 saturated heterocycles. The standard InChI is InChI=1S/C19H24N2O3S2/c1-14-5-7-16(8-6-14)15(2)20-19(22)13-21(3)26(23,24)18-11-9-17(25-4)10-12-18/h5-12,15H,13H2,1-4H3,(H,20,22)/t15-/m0/s1. The first kappa shape index (κ1) is 20.5. The summed E-state index contributed by atoms with van der Waals surface area (Å²) in [5, 5.41) is 2.84. The summed E-state index contributed by atoms with van der Waals surface area (Å²) in [6.45, 7) is 3.64. The predicted octanol–water partition coefficient (Wildman–Crippen LogP) is 3.21. The minimum absolute atomic E-state index is 0.178. The molecular weight excluding hydrogens is 368 g/mol. The molecule has 1 N–H and O–H groups in total. The third-order valence-electron chi connectivity index (χ3n) is 4.09. The highest BCUT2D eigenvalue weighted by Gasteiger charge is 2.23. The molecule has 1 amide bonds. The van der Waals surface area contributed by atoms with Crippen LogP contribution in [-0.4, -0.2) is 38.5 Å². The summed E-state index contributed by atoms with van der Waals surface area (Å²) < 4.78 is 26.3. The summed E-state index contributed by atoms with van der Waals surface area (Å²) in [6, 6.07) is 14.3. The Morgan fingerprint density at radius 3 is 2.23 bits per heavy atom. The molecule has 1 atom stereocenters. The number of likely N-dealkylation sites (N-methyl/N-ethyl adjacent to an activating group) is 1. The topological polar surface area (TPSA) is 66.5 Å². The van der Waals surface area contributed by atoms with E-state index in [-0.39, 0.29) is 23.4 Å². The van der Waals surface area contributed by atoms with E-state index in [4.69, 9.17) is 0 Å². The lowest BCUT2D eigenvalue weighted by Gasteiger charge is -2.19. The Labute approximate surface area is 159 Å². The Balaban J connectivity index is 2.01. The van der Waals surface area contributed by atoms with Crippen LogP contribution in [0.2, 0.25) is 0 Å². The Hall–Kier alpha value is -1.83. The number of carbonyl (C=O) groups excluding carboxylic acids is 1. The van der Waals surface area contributed by atoms with Crippen molar-refractivity contribution in [3.8, 4) is 0 Å². The molecule has 0 heterocycles. The maximum atomic E-state index is 12.6. The molecule has 0 aromatic heterocycles. The van der Waals surface area contributed by atoms with E-state index < -0.39 is 10.0 Å². The van der Waals surface area contributed by atoms with E-state index in [0.717, 1.165) is 20.3 Å². The fourth-order valence-corrected chi connectivity index (χ4v) is 3.98. The lowest BCUT2D eigenvalue weighted by molar-refractivity contribution is -0.121. The van der Waals surface area contributed by atoms with Gasteiger partial charge in [-0.05, 0) is 49.9 Å². The van der Waals surface area contributed by atoms with Gasteiger partial charge in [0, 0.05) is 11.9 Å². The average Bonchev–Trinajstić information content (AvgIpc) is 2.62. The molecule has 0 spiro atoms. The highest BCUT2D eigenvalue weighted by Crippen LogP contribution is 2.20. The van der Waals surface area contributed by atoms with Gasteiger partial charge in [-0.2, -0.15) is 4.31 Å². The number of benzene rings is 2. The van der Waals surface area contributed by atoms with Gasteiger partial charge in [0.2, 0.25) is 15.9 Å². The Kier molecular flexibility index (Phi) is 6.86. The number of hydrogen-bond acceptors (Lipinski definition) is 4. The molecule has 0 saturated carbocycles. The minimum Gasteiger partial charge on any atom is -0.348 e. The monoisotopic (exact) mass is 392 g/mol. The lowest BCUT2D eigenvalue weighted by Crippen LogP contribution is -2.39. The van der Waals surface area contributed by atoms with E-state index in [1.54, 1.807) is 36.0 Å². The van der Waals surface area contributed by atoms with Crippen molar-refractivity contribution >= 4 is 27.7 Å². The van der Waals surface area contributed by atoms with Gasteiger partial charge >= 0.3 is 0 Å². The average molecular weight is 393 g/mol. The van der Waals surface area contributed by atoms with Gasteiger partial charge in [0.05, 0.1) is 17.5 Å². The zero-order valence-corrected chi connectivity index (χ0v) is 17.0. The van der Waals surface area contributed by atoms with Crippen LogP contribution in [-0.2, 0) is 14.8 Å². The third-order valence-corrected chi connectivity index (χ3v) is 6.65. The zero-order valence-electron chi connectivity index (χ0n) is 15.4. The van der Waals surface area contributed by atoms with Crippen molar-refractivity contribution in [1.82, 2.24) is 9.62 Å². The summed E-state index contributed by atoms with van der Waals surface area (Å²) in [7, 11) is -2.29. The number of sulfonamides is 1. The number of nitrogens with one attached hydrogen (secondary N) is 1. The van der Waals surface area contributed by atoms with Crippen molar-refractivity contribution in [3.05, 3.63) is 59.7 Å². The smallest absolute Gasteiger partial charge is 0.243 e. The van der Waals surface area contributed by atoms with Crippen molar-refractivity contribution in [1.29, 1.82) is 0 Å². The molecule has 7 heteroatoms. The van der Waals surface area contributed by atoms with Crippen LogP contribution in [0.3, 0.4) is 0 Å². The fourth-order valence-electron chi connectivity index (χ4n) is 2.44. The van der Waals surface area contributed by atoms with Crippen LogP contribution >= 0.6 is 11.8 Å². The molecule has 0 aliphatic rings. The molecule has 26 heavy (non-hydrogen) atoms. The fraction of sp³-hybridized carbons (Fsp3) is 0.316. The highest BCUT2D eigenvalue weighted by molar-refractivity contribution is 7.98. The van der Waals surface area contributed by atoms with E-state index in [9.17, 15) is 13.2 Å². The Morgan fingerprint density at radius 1 is 1.12 bits per heavy atom. The molecule has 0 fully saturated rings. The third kappa shape index (κ3) is 5.09. The lowest BCUT2D eigenvalue weighted by atomic mass is 10.1. The van der Waals surface area contributed by atoms with Crippen LogP contribution in [0.25, 0.3) is 0 Å². The van der Waals surface area contributed by atoms with Crippen molar-refractivity contribution in [2.45, 2.75) is 29.7 Å². The molecule has 0 radical (unpaired) electrons. The van der Waals surface area contributed by atoms with Gasteiger partial charge in [-0.1, -0.05) is 29.8 Å². The summed E-state index contributed by atoms with van der Waals surface area (Å²) in [5.41, 5.74) is 2.12. The van der Waals surface area contributed by atoms with Crippen LogP contribution < -0.4 is 5.32 Å². The molecule has 0 aliphatic heterocycles. The minimum atomic E-state index is -3.70. The summed E-state index contributed by atoms with van der Waals surface area (Å²) in [5.74, 6) is -0.343. The van der Waals surface area contributed by atoms with Crippen molar-refractivity contribution in [2.24, 2.45) is 0 Å². The van der Waals surface area contributed by atoms with Crippen LogP contribution in [0, 0.1) is 6.92 Å². The van der Waals surface area contributed by atoms with E-state index >= 15 is 0 Å². The Morgan fingerprint density at radius 2 is 1.69 bits per heavy atom. The predicted molar refractivity (Wildman–Crippen MR) is 106 cm³/mol. The van der Waals surface area contributed by atoms with Crippen molar-refractivity contribution in [2.75, 3.05) is 19.8 Å². The van der Waals surface area contributed by atoms with Crippen LogP contribution in [0.4, 0.5) is 0 Å². The number of amides is 1. The molecule has 2 aromatic carbocycles. The molecule has 2 rings (SSSR count). The number of hydrogen-bond donors (Lipinski definition) is 1. The summed E-state index contributed by atoms with van der Waals surface area (Å²) >= 11 is 1.54. The second-order valence-corrected chi connectivity index (χ2v) is 9.06. The van der Waals surface area contributed by atoms with E-state index in [2.05, 4.69) is 5.32 Å². The maximum absolute atomic E-state index is 12.6. The second kappa shape index (κ2) is 8.70.